The highest BCUT2D eigenvalue weighted by Crippen LogP contribution is 2.25. The normalized spacial score (nSPS) is 10.8. The summed E-state index contributed by atoms with van der Waals surface area (Å²) in [5.74, 6) is 0.366. The molecule has 0 radical (unpaired) electrons. The van der Waals surface area contributed by atoms with E-state index in [1.165, 1.54) is 19.3 Å². The summed E-state index contributed by atoms with van der Waals surface area (Å²) in [4.78, 5) is 0. The zero-order valence-corrected chi connectivity index (χ0v) is 9.75. The molecule has 0 aliphatic carbocycles. The molecule has 0 saturated carbocycles. The van der Waals surface area contributed by atoms with Crippen molar-refractivity contribution < 1.29 is 13.2 Å². The zero-order chi connectivity index (χ0) is 12.2. The molecule has 0 spiro atoms. The third-order valence-electron chi connectivity index (χ3n) is 1.84. The van der Waals surface area contributed by atoms with Crippen molar-refractivity contribution in [3.63, 3.8) is 0 Å². The summed E-state index contributed by atoms with van der Waals surface area (Å²) < 4.78 is 30.2. The third kappa shape index (κ3) is 3.16. The van der Waals surface area contributed by atoms with Crippen molar-refractivity contribution in [3.8, 4) is 5.75 Å². The van der Waals surface area contributed by atoms with Crippen LogP contribution in [0, 0.1) is 0 Å². The van der Waals surface area contributed by atoms with Gasteiger partial charge in [-0.25, -0.2) is 8.42 Å². The Morgan fingerprint density at radius 1 is 1.56 bits per heavy atom. The molecule has 0 saturated heterocycles. The topological polar surface area (TPSA) is 81.4 Å². The van der Waals surface area contributed by atoms with Crippen LogP contribution in [0.4, 0.5) is 11.4 Å². The van der Waals surface area contributed by atoms with Gasteiger partial charge >= 0.3 is 0 Å². The van der Waals surface area contributed by atoms with E-state index in [4.69, 9.17) is 10.5 Å². The van der Waals surface area contributed by atoms with Crippen molar-refractivity contribution >= 4 is 21.4 Å². The maximum Gasteiger partial charge on any atom is 0.236 e. The van der Waals surface area contributed by atoms with E-state index >= 15 is 0 Å². The number of hydrogen-bond acceptors (Lipinski definition) is 4. The quantitative estimate of drug-likeness (QED) is 0.600. The second-order valence-corrected chi connectivity index (χ2v) is 4.90. The standard InChI is InChI=1S/C10H14N2O3S/c1-3-6-16(13,14)12-8-4-5-10(15-2)9(11)7-8/h3-5,7,12H,1,6,11H2,2H3. The molecule has 16 heavy (non-hydrogen) atoms. The van der Waals surface area contributed by atoms with Crippen LogP contribution in [0.15, 0.2) is 30.9 Å². The van der Waals surface area contributed by atoms with Crippen LogP contribution in [0.5, 0.6) is 5.75 Å². The first kappa shape index (κ1) is 12.4. The van der Waals surface area contributed by atoms with Crippen LogP contribution >= 0.6 is 0 Å². The predicted molar refractivity (Wildman–Crippen MR) is 65.0 cm³/mol. The minimum Gasteiger partial charge on any atom is -0.495 e. The van der Waals surface area contributed by atoms with Crippen molar-refractivity contribution in [1.29, 1.82) is 0 Å². The molecule has 0 bridgehead atoms. The van der Waals surface area contributed by atoms with Crippen LogP contribution in [0.2, 0.25) is 0 Å². The summed E-state index contributed by atoms with van der Waals surface area (Å²) in [6, 6.07) is 4.68. The van der Waals surface area contributed by atoms with E-state index in [1.54, 1.807) is 12.1 Å². The predicted octanol–water partition coefficient (Wildman–Crippen LogP) is 1.21. The molecule has 5 nitrogen and oxygen atoms in total. The summed E-state index contributed by atoms with van der Waals surface area (Å²) in [5, 5.41) is 0. The lowest BCUT2D eigenvalue weighted by Crippen LogP contribution is -2.15. The number of nitrogens with one attached hydrogen (secondary N) is 1. The summed E-state index contributed by atoms with van der Waals surface area (Å²) in [6.45, 7) is 3.37. The SMILES string of the molecule is C=CCS(=O)(=O)Nc1ccc(OC)c(N)c1. The first-order valence-corrected chi connectivity index (χ1v) is 6.18. The molecule has 0 aliphatic rings. The molecule has 1 rings (SSSR count). The average Bonchev–Trinajstić information content (AvgIpc) is 2.17. The average molecular weight is 242 g/mol. The summed E-state index contributed by atoms with van der Waals surface area (Å²) >= 11 is 0. The van der Waals surface area contributed by atoms with Gasteiger partial charge in [0.25, 0.3) is 0 Å². The Labute approximate surface area is 95.0 Å². The lowest BCUT2D eigenvalue weighted by molar-refractivity contribution is 0.417. The number of nitrogen functional groups attached to an aromatic ring is 1. The Hall–Kier alpha value is -1.69. The molecular weight excluding hydrogens is 228 g/mol. The lowest BCUT2D eigenvalue weighted by Gasteiger charge is -2.09. The Balaban J connectivity index is 2.91. The number of rotatable bonds is 5. The lowest BCUT2D eigenvalue weighted by atomic mass is 10.2. The second-order valence-electron chi connectivity index (χ2n) is 3.13. The van der Waals surface area contributed by atoms with Crippen molar-refractivity contribution in [1.82, 2.24) is 0 Å². The van der Waals surface area contributed by atoms with Crippen LogP contribution in [0.25, 0.3) is 0 Å². The Morgan fingerprint density at radius 3 is 2.75 bits per heavy atom. The van der Waals surface area contributed by atoms with Crippen molar-refractivity contribution in [2.45, 2.75) is 0 Å². The number of anilines is 2. The monoisotopic (exact) mass is 242 g/mol. The van der Waals surface area contributed by atoms with E-state index in [0.29, 0.717) is 17.1 Å². The first-order valence-electron chi connectivity index (χ1n) is 4.53. The van der Waals surface area contributed by atoms with Gasteiger partial charge in [-0.3, -0.25) is 4.72 Å². The van der Waals surface area contributed by atoms with Crippen molar-refractivity contribution in [2.75, 3.05) is 23.3 Å². The van der Waals surface area contributed by atoms with Gasteiger partial charge < -0.3 is 10.5 Å². The fourth-order valence-corrected chi connectivity index (χ4v) is 2.05. The molecule has 1 aromatic carbocycles. The third-order valence-corrected chi connectivity index (χ3v) is 3.06. The van der Waals surface area contributed by atoms with Crippen LogP contribution < -0.4 is 15.2 Å². The van der Waals surface area contributed by atoms with E-state index in [-0.39, 0.29) is 5.75 Å². The van der Waals surface area contributed by atoms with Gasteiger partial charge in [0.05, 0.1) is 24.2 Å². The largest absolute Gasteiger partial charge is 0.495 e. The number of nitrogens with two attached hydrogens (primary N) is 1. The van der Waals surface area contributed by atoms with Gasteiger partial charge in [-0.05, 0) is 18.2 Å². The molecule has 0 unspecified atom stereocenters. The number of benzene rings is 1. The molecule has 0 atom stereocenters. The molecule has 0 aliphatic heterocycles. The summed E-state index contributed by atoms with van der Waals surface area (Å²) in [5.41, 5.74) is 6.42. The molecule has 3 N–H and O–H groups in total. The zero-order valence-electron chi connectivity index (χ0n) is 8.93. The molecule has 0 amide bonds. The van der Waals surface area contributed by atoms with Gasteiger partial charge in [-0.15, -0.1) is 6.58 Å². The van der Waals surface area contributed by atoms with Crippen molar-refractivity contribution in [2.24, 2.45) is 0 Å². The van der Waals surface area contributed by atoms with Gasteiger partial charge in [0.1, 0.15) is 5.75 Å². The highest BCUT2D eigenvalue weighted by atomic mass is 32.2. The van der Waals surface area contributed by atoms with E-state index in [9.17, 15) is 8.42 Å². The molecule has 88 valence electrons. The molecule has 0 heterocycles. The molecule has 6 heteroatoms. The smallest absolute Gasteiger partial charge is 0.236 e. The van der Waals surface area contributed by atoms with E-state index in [1.807, 2.05) is 0 Å². The number of sulfonamides is 1. The second kappa shape index (κ2) is 4.89. The Kier molecular flexibility index (Phi) is 3.78. The first-order chi connectivity index (χ1) is 7.48. The van der Waals surface area contributed by atoms with E-state index in [2.05, 4.69) is 11.3 Å². The molecule has 0 fully saturated rings. The van der Waals surface area contributed by atoms with Gasteiger partial charge in [0.2, 0.25) is 10.0 Å². The van der Waals surface area contributed by atoms with Crippen LogP contribution in [0.1, 0.15) is 0 Å². The van der Waals surface area contributed by atoms with Gasteiger partial charge in [0.15, 0.2) is 0 Å². The number of ether oxygens (including phenoxy) is 1. The molecule has 1 aromatic rings. The van der Waals surface area contributed by atoms with E-state index in [0.717, 1.165) is 0 Å². The minimum absolute atomic E-state index is 0.140. The minimum atomic E-state index is -3.39. The van der Waals surface area contributed by atoms with Crippen molar-refractivity contribution in [3.05, 3.63) is 30.9 Å². The Morgan fingerprint density at radius 2 is 2.25 bits per heavy atom. The fourth-order valence-electron chi connectivity index (χ4n) is 1.17. The summed E-state index contributed by atoms with van der Waals surface area (Å²) in [7, 11) is -1.89. The highest BCUT2D eigenvalue weighted by Gasteiger charge is 2.08. The maximum atomic E-state index is 11.4. The summed E-state index contributed by atoms with van der Waals surface area (Å²) in [6.07, 6.45) is 1.31. The molecular formula is C10H14N2O3S. The van der Waals surface area contributed by atoms with Crippen LogP contribution in [-0.2, 0) is 10.0 Å². The maximum absolute atomic E-state index is 11.4. The van der Waals surface area contributed by atoms with E-state index < -0.39 is 10.0 Å². The Bertz CT molecular complexity index is 483. The van der Waals surface area contributed by atoms with Crippen LogP contribution in [0.3, 0.4) is 0 Å². The number of hydrogen-bond donors (Lipinski definition) is 2. The fraction of sp³-hybridized carbons (Fsp3) is 0.200. The van der Waals surface area contributed by atoms with Gasteiger partial charge in [-0.2, -0.15) is 0 Å². The highest BCUT2D eigenvalue weighted by molar-refractivity contribution is 7.92. The van der Waals surface area contributed by atoms with Gasteiger partial charge in [0, 0.05) is 0 Å². The van der Waals surface area contributed by atoms with Gasteiger partial charge in [-0.1, -0.05) is 6.08 Å². The number of methoxy groups -OCH3 is 1. The van der Waals surface area contributed by atoms with Crippen LogP contribution in [-0.4, -0.2) is 21.3 Å². The molecule has 0 aromatic heterocycles.